The van der Waals surface area contributed by atoms with Crippen molar-refractivity contribution >= 4 is 16.8 Å². The average Bonchev–Trinajstić information content (AvgIpc) is 3.48. The van der Waals surface area contributed by atoms with Crippen LogP contribution in [0.1, 0.15) is 16.8 Å². The normalized spacial score (nSPS) is 16.1. The smallest absolute Gasteiger partial charge is 0.258 e. The number of aromatic nitrogens is 4. The number of H-pyrrole nitrogens is 1. The fourth-order valence-corrected chi connectivity index (χ4v) is 3.99. The van der Waals surface area contributed by atoms with E-state index in [2.05, 4.69) is 15.3 Å². The lowest BCUT2D eigenvalue weighted by molar-refractivity contribution is 0.0782. The van der Waals surface area contributed by atoms with Crippen LogP contribution in [0.15, 0.2) is 59.5 Å². The molecule has 5 rings (SSSR count). The summed E-state index contributed by atoms with van der Waals surface area (Å²) in [7, 11) is 0. The average molecular weight is 433 g/mol. The van der Waals surface area contributed by atoms with Gasteiger partial charge in [-0.3, -0.25) is 9.59 Å². The van der Waals surface area contributed by atoms with E-state index >= 15 is 0 Å². The summed E-state index contributed by atoms with van der Waals surface area (Å²) in [6.07, 6.45) is 2.42. The van der Waals surface area contributed by atoms with Gasteiger partial charge in [-0.2, -0.15) is 0 Å². The first kappa shape index (κ1) is 20.1. The minimum absolute atomic E-state index is 0.0679. The lowest BCUT2D eigenvalue weighted by Crippen LogP contribution is -2.29. The maximum atomic E-state index is 13.6. The van der Waals surface area contributed by atoms with Gasteiger partial charge in [0.1, 0.15) is 11.5 Å². The Labute approximate surface area is 181 Å². The Balaban J connectivity index is 1.39. The number of pyridine rings is 1. The molecule has 1 saturated heterocycles. The first-order valence-corrected chi connectivity index (χ1v) is 10.3. The molecule has 0 aliphatic carbocycles. The number of nitrogens with zero attached hydrogens (tertiary/aromatic N) is 4. The molecule has 0 saturated carbocycles. The fraction of sp³-hybridized carbons (Fsp3) is 0.217. The first-order valence-electron chi connectivity index (χ1n) is 10.3. The molecular formula is C23H20FN5O3. The molecule has 1 amide bonds. The fourth-order valence-electron chi connectivity index (χ4n) is 3.99. The van der Waals surface area contributed by atoms with Gasteiger partial charge in [-0.15, -0.1) is 5.10 Å². The van der Waals surface area contributed by atoms with Gasteiger partial charge in [-0.05, 0) is 55.0 Å². The van der Waals surface area contributed by atoms with Crippen molar-refractivity contribution in [3.05, 3.63) is 76.5 Å². The molecule has 8 nitrogen and oxygen atoms in total. The van der Waals surface area contributed by atoms with E-state index in [0.29, 0.717) is 40.9 Å². The van der Waals surface area contributed by atoms with Crippen LogP contribution in [0.2, 0.25) is 0 Å². The van der Waals surface area contributed by atoms with Crippen LogP contribution in [-0.2, 0) is 0 Å². The van der Waals surface area contributed by atoms with Crippen LogP contribution in [0.3, 0.4) is 0 Å². The van der Waals surface area contributed by atoms with Crippen LogP contribution in [0, 0.1) is 11.7 Å². The minimum atomic E-state index is -0.394. The Morgan fingerprint density at radius 2 is 2.00 bits per heavy atom. The van der Waals surface area contributed by atoms with Crippen molar-refractivity contribution in [2.75, 3.05) is 19.7 Å². The second-order valence-corrected chi connectivity index (χ2v) is 7.93. The lowest BCUT2D eigenvalue weighted by Gasteiger charge is -2.16. The van der Waals surface area contributed by atoms with Crippen LogP contribution in [-0.4, -0.2) is 55.6 Å². The van der Waals surface area contributed by atoms with E-state index in [1.165, 1.54) is 22.9 Å². The van der Waals surface area contributed by atoms with E-state index in [1.807, 2.05) is 0 Å². The van der Waals surface area contributed by atoms with Crippen LogP contribution in [0.5, 0.6) is 0 Å². The van der Waals surface area contributed by atoms with Crippen LogP contribution >= 0.6 is 0 Å². The number of hydrogen-bond acceptors (Lipinski definition) is 5. The third kappa shape index (κ3) is 3.67. The van der Waals surface area contributed by atoms with Gasteiger partial charge >= 0.3 is 0 Å². The molecule has 3 heterocycles. The van der Waals surface area contributed by atoms with Crippen LogP contribution in [0.25, 0.3) is 27.8 Å². The largest absolute Gasteiger partial charge is 0.396 e. The summed E-state index contributed by atoms with van der Waals surface area (Å²) in [6, 6.07) is 12.7. The molecule has 1 aliphatic heterocycles. The standard InChI is InChI=1S/C23H20FN5O3/c24-17-3-6-20-16(9-17)10-19(22(31)25-20)21-12-29(27-26-21)18-4-1-15(2-5-18)23(32)28-8-7-14(11-28)13-30/h1-6,9-10,12,14,30H,7-8,11,13H2,(H,25,31). The van der Waals surface area contributed by atoms with Crippen molar-refractivity contribution in [1.29, 1.82) is 0 Å². The zero-order valence-corrected chi connectivity index (χ0v) is 17.0. The van der Waals surface area contributed by atoms with Gasteiger partial charge in [0.15, 0.2) is 0 Å². The molecule has 2 N–H and O–H groups in total. The number of likely N-dealkylation sites (tertiary alicyclic amines) is 1. The highest BCUT2D eigenvalue weighted by atomic mass is 19.1. The Hall–Kier alpha value is -3.85. The highest BCUT2D eigenvalue weighted by Crippen LogP contribution is 2.21. The molecule has 0 bridgehead atoms. The van der Waals surface area contributed by atoms with Gasteiger partial charge in [-0.1, -0.05) is 5.21 Å². The molecule has 2 aromatic heterocycles. The van der Waals surface area contributed by atoms with E-state index in [4.69, 9.17) is 0 Å². The minimum Gasteiger partial charge on any atom is -0.396 e. The van der Waals surface area contributed by atoms with E-state index in [9.17, 15) is 19.1 Å². The molecule has 1 atom stereocenters. The summed E-state index contributed by atoms with van der Waals surface area (Å²) in [5.74, 6) is -0.321. The molecule has 162 valence electrons. The number of amides is 1. The number of aliphatic hydroxyl groups excluding tert-OH is 1. The number of carbonyl (C=O) groups is 1. The van der Waals surface area contributed by atoms with Crippen molar-refractivity contribution in [3.63, 3.8) is 0 Å². The number of carbonyl (C=O) groups excluding carboxylic acids is 1. The number of hydrogen-bond donors (Lipinski definition) is 2. The molecule has 1 fully saturated rings. The van der Waals surface area contributed by atoms with E-state index in [-0.39, 0.29) is 29.6 Å². The number of aliphatic hydroxyl groups is 1. The quantitative estimate of drug-likeness (QED) is 0.514. The monoisotopic (exact) mass is 433 g/mol. The van der Waals surface area contributed by atoms with Gasteiger partial charge < -0.3 is 15.0 Å². The van der Waals surface area contributed by atoms with Gasteiger partial charge in [0.05, 0.1) is 17.4 Å². The molecule has 2 aromatic carbocycles. The molecular weight excluding hydrogens is 413 g/mol. The maximum Gasteiger partial charge on any atom is 0.258 e. The molecule has 1 aliphatic rings. The Morgan fingerprint density at radius 1 is 1.19 bits per heavy atom. The second kappa shape index (κ2) is 8.01. The maximum absolute atomic E-state index is 13.6. The van der Waals surface area contributed by atoms with Gasteiger partial charge in [0, 0.05) is 42.1 Å². The number of aromatic amines is 1. The Morgan fingerprint density at radius 3 is 2.75 bits per heavy atom. The molecule has 0 radical (unpaired) electrons. The summed E-state index contributed by atoms with van der Waals surface area (Å²) in [5, 5.41) is 18.0. The summed E-state index contributed by atoms with van der Waals surface area (Å²) in [6.45, 7) is 1.29. The number of fused-ring (bicyclic) bond motifs is 1. The predicted molar refractivity (Wildman–Crippen MR) is 116 cm³/mol. The van der Waals surface area contributed by atoms with E-state index < -0.39 is 5.82 Å². The molecule has 32 heavy (non-hydrogen) atoms. The summed E-state index contributed by atoms with van der Waals surface area (Å²) < 4.78 is 15.1. The van der Waals surface area contributed by atoms with Crippen molar-refractivity contribution in [3.8, 4) is 16.9 Å². The number of nitrogens with one attached hydrogen (secondary N) is 1. The third-order valence-corrected chi connectivity index (χ3v) is 5.79. The summed E-state index contributed by atoms with van der Waals surface area (Å²) >= 11 is 0. The van der Waals surface area contributed by atoms with E-state index in [1.54, 1.807) is 41.4 Å². The highest BCUT2D eigenvalue weighted by Gasteiger charge is 2.26. The van der Waals surface area contributed by atoms with Gasteiger partial charge in [-0.25, -0.2) is 9.07 Å². The second-order valence-electron chi connectivity index (χ2n) is 7.93. The van der Waals surface area contributed by atoms with Gasteiger partial charge in [0.2, 0.25) is 0 Å². The number of benzene rings is 2. The topological polar surface area (TPSA) is 104 Å². The van der Waals surface area contributed by atoms with Crippen molar-refractivity contribution in [1.82, 2.24) is 24.9 Å². The van der Waals surface area contributed by atoms with E-state index in [0.717, 1.165) is 6.42 Å². The van der Waals surface area contributed by atoms with Crippen molar-refractivity contribution in [2.24, 2.45) is 5.92 Å². The molecule has 9 heteroatoms. The third-order valence-electron chi connectivity index (χ3n) is 5.79. The number of halogens is 1. The zero-order chi connectivity index (χ0) is 22.2. The zero-order valence-electron chi connectivity index (χ0n) is 17.0. The Bertz CT molecular complexity index is 1360. The number of rotatable bonds is 4. The molecule has 0 spiro atoms. The highest BCUT2D eigenvalue weighted by molar-refractivity contribution is 5.94. The lowest BCUT2D eigenvalue weighted by atomic mass is 10.1. The Kier molecular flexibility index (Phi) is 5.02. The molecule has 4 aromatic rings. The first-order chi connectivity index (χ1) is 15.5. The van der Waals surface area contributed by atoms with Crippen LogP contribution in [0.4, 0.5) is 4.39 Å². The summed E-state index contributed by atoms with van der Waals surface area (Å²) in [4.78, 5) is 29.6. The SMILES string of the molecule is O=C(c1ccc(-n2cc(-c3cc4cc(F)ccc4[nH]c3=O)nn2)cc1)N1CCC(CO)C1. The summed E-state index contributed by atoms with van der Waals surface area (Å²) in [5.41, 5.74) is 2.07. The predicted octanol–water partition coefficient (Wildman–Crippen LogP) is 2.37. The van der Waals surface area contributed by atoms with Crippen LogP contribution < -0.4 is 5.56 Å². The van der Waals surface area contributed by atoms with Gasteiger partial charge in [0.25, 0.3) is 11.5 Å². The van der Waals surface area contributed by atoms with Crippen molar-refractivity contribution < 1.29 is 14.3 Å². The molecule has 1 unspecified atom stereocenters. The van der Waals surface area contributed by atoms with Crippen molar-refractivity contribution in [2.45, 2.75) is 6.42 Å².